The number of hydrogen-bond acceptors (Lipinski definition) is 2. The monoisotopic (exact) mass is 219 g/mol. The molecule has 0 heterocycles. The molecule has 0 saturated carbocycles. The van der Waals surface area contributed by atoms with Crippen molar-refractivity contribution in [2.45, 2.75) is 19.6 Å². The van der Waals surface area contributed by atoms with Gasteiger partial charge in [0.2, 0.25) is 0 Å². The zero-order valence-electron chi connectivity index (χ0n) is 9.07. The normalized spacial score (nSPS) is 10.3. The third kappa shape index (κ3) is 3.56. The fourth-order valence-corrected chi connectivity index (χ4v) is 1.50. The Kier molecular flexibility index (Phi) is 3.27. The topological polar surface area (TPSA) is 43.1 Å². The van der Waals surface area contributed by atoms with Gasteiger partial charge in [0.05, 0.1) is 4.92 Å². The van der Waals surface area contributed by atoms with Crippen LogP contribution in [0.1, 0.15) is 5.56 Å². The summed E-state index contributed by atoms with van der Waals surface area (Å²) in [5.41, 5.74) is 3.71. The molecule has 0 spiro atoms. The summed E-state index contributed by atoms with van der Waals surface area (Å²) in [6, 6.07) is 6.58. The van der Waals surface area contributed by atoms with Crippen LogP contribution in [0.5, 0.6) is 0 Å². The van der Waals surface area contributed by atoms with Crippen LogP contribution in [0, 0.1) is 21.6 Å². The zero-order valence-corrected chi connectivity index (χ0v) is 10.1. The first kappa shape index (κ1) is 11.5. The summed E-state index contributed by atoms with van der Waals surface area (Å²) in [6.07, 6.45) is 0. The molecule has 0 fully saturated rings. The van der Waals surface area contributed by atoms with Crippen molar-refractivity contribution in [3.05, 3.63) is 39.9 Å². The highest BCUT2D eigenvalue weighted by Gasteiger charge is 2.12. The Morgan fingerprint density at radius 1 is 1.27 bits per heavy atom. The molecule has 1 aromatic carbocycles. The molecule has 0 amide bonds. The van der Waals surface area contributed by atoms with Crippen molar-refractivity contribution in [3.63, 3.8) is 0 Å². The molecule has 3 nitrogen and oxygen atoms in total. The van der Waals surface area contributed by atoms with Crippen molar-refractivity contribution in [1.82, 2.24) is 0 Å². The molecule has 0 aliphatic heterocycles. The van der Waals surface area contributed by atoms with Crippen LogP contribution in [0.15, 0.2) is 24.3 Å². The molecule has 1 rings (SSSR count). The summed E-state index contributed by atoms with van der Waals surface area (Å²) in [4.78, 5) is 10.3. The molecule has 0 bridgehead atoms. The van der Waals surface area contributed by atoms with Gasteiger partial charge < -0.3 is 0 Å². The summed E-state index contributed by atoms with van der Waals surface area (Å²) in [5, 5.41) is 10.7. The van der Waals surface area contributed by atoms with Crippen molar-refractivity contribution in [2.75, 3.05) is 0 Å². The van der Waals surface area contributed by atoms with Gasteiger partial charge in [-0.15, -0.1) is 5.54 Å². The van der Waals surface area contributed by atoms with Crippen LogP contribution in [-0.2, 0) is 0 Å². The predicted molar refractivity (Wildman–Crippen MR) is 63.3 cm³/mol. The Labute approximate surface area is 90.3 Å². The van der Waals surface area contributed by atoms with E-state index in [1.807, 2.05) is 0 Å². The van der Waals surface area contributed by atoms with Gasteiger partial charge in [0.1, 0.15) is 13.6 Å². The van der Waals surface area contributed by atoms with Crippen molar-refractivity contribution in [2.24, 2.45) is 0 Å². The fraction of sp³-hybridized carbons (Fsp3) is 0.273. The molecule has 0 unspecified atom stereocenters. The second kappa shape index (κ2) is 4.28. The molecular weight excluding hydrogens is 206 g/mol. The molecule has 15 heavy (non-hydrogen) atoms. The predicted octanol–water partition coefficient (Wildman–Crippen LogP) is 2.82. The summed E-state index contributed by atoms with van der Waals surface area (Å²) in [7, 11) is -1.48. The smallest absolute Gasteiger partial charge is 0.258 e. The maximum Gasteiger partial charge on any atom is 0.284 e. The van der Waals surface area contributed by atoms with Gasteiger partial charge in [0, 0.05) is 6.07 Å². The largest absolute Gasteiger partial charge is 0.284 e. The van der Waals surface area contributed by atoms with E-state index in [1.165, 1.54) is 6.07 Å². The van der Waals surface area contributed by atoms with E-state index in [0.29, 0.717) is 5.56 Å². The van der Waals surface area contributed by atoms with Crippen molar-refractivity contribution in [1.29, 1.82) is 0 Å². The second-order valence-corrected chi connectivity index (χ2v) is 9.02. The van der Waals surface area contributed by atoms with Gasteiger partial charge in [-0.1, -0.05) is 37.7 Å². The molecule has 0 radical (unpaired) electrons. The third-order valence-corrected chi connectivity index (χ3v) is 2.55. The van der Waals surface area contributed by atoms with E-state index in [0.717, 1.165) is 0 Å². The molecule has 0 atom stereocenters. The Morgan fingerprint density at radius 2 is 1.87 bits per heavy atom. The number of rotatable bonds is 1. The molecule has 0 aliphatic rings. The highest BCUT2D eigenvalue weighted by atomic mass is 28.3. The standard InChI is InChI=1S/C11H13NO2Si/c1-15(2,3)9-8-10-6-4-5-7-11(10)12(13)14/h4-7H,1-3H3. The Bertz CT molecular complexity index is 438. The third-order valence-electron chi connectivity index (χ3n) is 1.67. The van der Waals surface area contributed by atoms with Gasteiger partial charge in [-0.2, -0.15) is 0 Å². The van der Waals surface area contributed by atoms with E-state index >= 15 is 0 Å². The first-order valence-corrected chi connectivity index (χ1v) is 8.17. The Hall–Kier alpha value is -1.60. The molecule has 0 N–H and O–H groups in total. The SMILES string of the molecule is C[Si](C)(C)C#Cc1ccccc1[N+](=O)[O-]. The maximum atomic E-state index is 10.7. The molecule has 1 aromatic rings. The number of hydrogen-bond donors (Lipinski definition) is 0. The number of nitrogens with zero attached hydrogens (tertiary/aromatic N) is 1. The second-order valence-electron chi connectivity index (χ2n) is 4.27. The van der Waals surface area contributed by atoms with E-state index in [2.05, 4.69) is 31.1 Å². The summed E-state index contributed by atoms with van der Waals surface area (Å²) in [5.74, 6) is 2.90. The molecule has 78 valence electrons. The first-order valence-electron chi connectivity index (χ1n) is 4.67. The van der Waals surface area contributed by atoms with E-state index in [-0.39, 0.29) is 5.69 Å². The number of nitro groups is 1. The van der Waals surface area contributed by atoms with E-state index < -0.39 is 13.0 Å². The molecule has 0 saturated heterocycles. The zero-order chi connectivity index (χ0) is 11.5. The van der Waals surface area contributed by atoms with Gasteiger partial charge >= 0.3 is 0 Å². The van der Waals surface area contributed by atoms with Gasteiger partial charge in [0.25, 0.3) is 5.69 Å². The lowest BCUT2D eigenvalue weighted by atomic mass is 10.2. The van der Waals surface area contributed by atoms with Gasteiger partial charge in [-0.05, 0) is 6.07 Å². The Morgan fingerprint density at radius 3 is 2.40 bits per heavy atom. The van der Waals surface area contributed by atoms with Crippen LogP contribution in [0.3, 0.4) is 0 Å². The van der Waals surface area contributed by atoms with Crippen LogP contribution in [-0.4, -0.2) is 13.0 Å². The minimum Gasteiger partial charge on any atom is -0.258 e. The lowest BCUT2D eigenvalue weighted by Gasteiger charge is -2.03. The van der Waals surface area contributed by atoms with Crippen LogP contribution < -0.4 is 0 Å². The van der Waals surface area contributed by atoms with Crippen LogP contribution >= 0.6 is 0 Å². The van der Waals surface area contributed by atoms with Crippen LogP contribution in [0.4, 0.5) is 5.69 Å². The highest BCUT2D eigenvalue weighted by Crippen LogP contribution is 2.16. The van der Waals surface area contributed by atoms with Gasteiger partial charge in [0.15, 0.2) is 0 Å². The molecular formula is C11H13NO2Si. The number of nitro benzene ring substituents is 1. The number of para-hydroxylation sites is 1. The summed E-state index contributed by atoms with van der Waals surface area (Å²) < 4.78 is 0. The Balaban J connectivity index is 3.14. The fourth-order valence-electron chi connectivity index (χ4n) is 0.993. The van der Waals surface area contributed by atoms with Gasteiger partial charge in [-0.3, -0.25) is 10.1 Å². The van der Waals surface area contributed by atoms with Crippen LogP contribution in [0.2, 0.25) is 19.6 Å². The average Bonchev–Trinajstić information content (AvgIpc) is 2.14. The van der Waals surface area contributed by atoms with E-state index in [4.69, 9.17) is 0 Å². The molecule has 0 aliphatic carbocycles. The molecule has 0 aromatic heterocycles. The van der Waals surface area contributed by atoms with Gasteiger partial charge in [-0.25, -0.2) is 0 Å². The highest BCUT2D eigenvalue weighted by molar-refractivity contribution is 6.83. The van der Waals surface area contributed by atoms with Crippen molar-refractivity contribution >= 4 is 13.8 Å². The van der Waals surface area contributed by atoms with Crippen molar-refractivity contribution < 1.29 is 4.92 Å². The average molecular weight is 219 g/mol. The summed E-state index contributed by atoms with van der Waals surface area (Å²) in [6.45, 7) is 6.32. The lowest BCUT2D eigenvalue weighted by molar-refractivity contribution is -0.385. The van der Waals surface area contributed by atoms with Crippen molar-refractivity contribution in [3.8, 4) is 11.5 Å². The quantitative estimate of drug-likeness (QED) is 0.315. The minimum absolute atomic E-state index is 0.0863. The van der Waals surface area contributed by atoms with E-state index in [9.17, 15) is 10.1 Å². The lowest BCUT2D eigenvalue weighted by Crippen LogP contribution is -2.16. The van der Waals surface area contributed by atoms with E-state index in [1.54, 1.807) is 18.2 Å². The first-order chi connectivity index (χ1) is 6.90. The minimum atomic E-state index is -1.48. The molecule has 4 heteroatoms. The summed E-state index contributed by atoms with van der Waals surface area (Å²) >= 11 is 0. The van der Waals surface area contributed by atoms with Crippen LogP contribution in [0.25, 0.3) is 0 Å². The number of benzene rings is 1. The maximum absolute atomic E-state index is 10.7.